The number of nitrogens with two attached hydrogens (primary N) is 1. The van der Waals surface area contributed by atoms with E-state index in [0.29, 0.717) is 6.42 Å². The molecule has 7 N–H and O–H groups in total. The van der Waals surface area contributed by atoms with Crippen molar-refractivity contribution in [3.8, 4) is 0 Å². The molecule has 1 aliphatic rings. The number of amides is 2. The number of nitrogen functional groups attached to an aromatic ring is 1. The highest BCUT2D eigenvalue weighted by molar-refractivity contribution is 8.13. The fraction of sp³-hybridized carbons (Fsp3) is 0.617. The van der Waals surface area contributed by atoms with Gasteiger partial charge in [-0.3, -0.25) is 28.1 Å². The lowest BCUT2D eigenvalue weighted by Crippen LogP contribution is -2.46. The smallest absolute Gasteiger partial charge is 0.274 e. The summed E-state index contributed by atoms with van der Waals surface area (Å²) in [6, 6.07) is 0. The Hall–Kier alpha value is -3.78. The number of imidazole rings is 1. The van der Waals surface area contributed by atoms with E-state index in [-0.39, 0.29) is 53.8 Å². The third kappa shape index (κ3) is 26.2. The number of rotatable bonds is 38. The number of unbranched alkanes of at least 4 members (excludes halogenated alkanes) is 5. The van der Waals surface area contributed by atoms with Gasteiger partial charge >= 0.3 is 0 Å². The summed E-state index contributed by atoms with van der Waals surface area (Å²) < 4.78 is 60.9. The maximum atomic E-state index is 12.7. The number of carbonyl (C=O) groups excluding carboxylic acids is 3. The third-order valence-electron chi connectivity index (χ3n) is 11.2. The molecule has 0 bridgehead atoms. The van der Waals surface area contributed by atoms with Gasteiger partial charge in [-0.1, -0.05) is 119 Å². The van der Waals surface area contributed by atoms with Gasteiger partial charge in [0.2, 0.25) is 11.8 Å². The van der Waals surface area contributed by atoms with Gasteiger partial charge in [0.15, 0.2) is 22.8 Å². The van der Waals surface area contributed by atoms with Crippen LogP contribution in [0.25, 0.3) is 11.2 Å². The number of nitrogens with zero attached hydrogens (tertiary/aromatic N) is 4. The number of carbonyl (C=O) groups is 3. The Bertz CT molecular complexity index is 2420. The fourth-order valence-corrected chi connectivity index (χ4v) is 10.6. The highest BCUT2D eigenvalue weighted by atomic mass is 32.2. The quantitative estimate of drug-likeness (QED) is 0.0319. The van der Waals surface area contributed by atoms with Crippen LogP contribution in [0.15, 0.2) is 73.4 Å². The minimum absolute atomic E-state index is 0.00490. The molecule has 0 saturated carbocycles. The van der Waals surface area contributed by atoms with Gasteiger partial charge in [-0.15, -0.1) is 0 Å². The number of anilines is 1. The maximum absolute atomic E-state index is 12.7. The number of phosphoric ester groups is 3. The number of fused-ring (bicyclic) bond motifs is 1. The fourth-order valence-electron chi connectivity index (χ4n) is 7.17. The summed E-state index contributed by atoms with van der Waals surface area (Å²) in [6.45, 7) is 2.10. The standard InChI is InChI=1S/C47H76N7O18P3S/c1-4-5-6-7-8-9-10-11-12-13-14-15-16-17-18-19-20-21-22-23-24-25-35(55)30-38(57)76-29-28-49-37(56)26-27-50-45(60)42(59)47(2,3)32-69-75(66,67)72-74(64,65)68-31-36-41(71-73(61,62)63)40(58)46(70-36)54-34-53-39-43(48)51-33-52-44(39)54/h5-6,8-9,11-12,14-15,17-18,33-36,40-42,46,55,58-59H,4,7,10,13,16,19-32H2,1-3H3,(H,49,56)(H,50,60)(H,64,65)(H,66,67)(H2,48,51,52)(H2,61,62,63)/p-4/b6-5-,9-8-,12-11-,15-14-,18-17-/t35-,36-,40-,41-,42+,46-/m1/s1. The molecule has 8 atom stereocenters. The summed E-state index contributed by atoms with van der Waals surface area (Å²) in [5.74, 6) is -1.36. The monoisotopic (exact) mass is 1150 g/mol. The number of aliphatic hydroxyl groups excluding tert-OH is 3. The normalized spacial score (nSPS) is 20.1. The lowest BCUT2D eigenvalue weighted by molar-refractivity contribution is -0.347. The van der Waals surface area contributed by atoms with Gasteiger partial charge < -0.3 is 74.1 Å². The minimum Gasteiger partial charge on any atom is -0.790 e. The Morgan fingerprint density at radius 1 is 0.855 bits per heavy atom. The van der Waals surface area contributed by atoms with E-state index in [0.717, 1.165) is 99.6 Å². The van der Waals surface area contributed by atoms with Crippen molar-refractivity contribution in [3.05, 3.63) is 73.4 Å². The Labute approximate surface area is 447 Å². The average molecular weight is 1150 g/mol. The molecule has 2 amide bonds. The van der Waals surface area contributed by atoms with Crippen LogP contribution in [0.5, 0.6) is 0 Å². The SMILES string of the molecule is CC/C=C\C/C=C\C/C=C\C/C=C\C/C=C\CCCCCCC[C@@H](O)CC(=O)SCCNC(=O)CCNC(=O)[C@H](O)C(C)(C)COP(=O)([O-])OP(=O)([O-])OC[C@H]1O[C@@H](n2cnc3c(N)ncnc32)[C@H](O)[C@@H]1OP(=O)([O-])[O-]. The van der Waals surface area contributed by atoms with Crippen molar-refractivity contribution in [2.75, 3.05) is 37.8 Å². The number of hydrogen-bond acceptors (Lipinski definition) is 23. The predicted molar refractivity (Wildman–Crippen MR) is 276 cm³/mol. The van der Waals surface area contributed by atoms with Crippen LogP contribution in [0.3, 0.4) is 0 Å². The Balaban J connectivity index is 1.25. The van der Waals surface area contributed by atoms with Crippen molar-refractivity contribution in [1.82, 2.24) is 30.2 Å². The van der Waals surface area contributed by atoms with E-state index in [1.54, 1.807) is 0 Å². The summed E-state index contributed by atoms with van der Waals surface area (Å²) in [5, 5.41) is 36.5. The van der Waals surface area contributed by atoms with E-state index in [9.17, 15) is 63.0 Å². The molecule has 1 aliphatic heterocycles. The van der Waals surface area contributed by atoms with Crippen LogP contribution < -0.4 is 35.9 Å². The van der Waals surface area contributed by atoms with Crippen LogP contribution >= 0.6 is 35.2 Å². The molecule has 29 heteroatoms. The Morgan fingerprint density at radius 2 is 1.46 bits per heavy atom. The topological polar surface area (TPSA) is 395 Å². The number of allylic oxidation sites excluding steroid dienone is 10. The molecule has 0 spiro atoms. The molecule has 1 saturated heterocycles. The van der Waals surface area contributed by atoms with Crippen LogP contribution in [-0.4, -0.2) is 114 Å². The molecule has 1 fully saturated rings. The van der Waals surface area contributed by atoms with Crippen molar-refractivity contribution in [2.24, 2.45) is 5.41 Å². The zero-order valence-corrected chi connectivity index (χ0v) is 46.4. The molecule has 3 rings (SSSR count). The van der Waals surface area contributed by atoms with Gasteiger partial charge in [0, 0.05) is 37.1 Å². The number of thioether (sulfide) groups is 1. The summed E-state index contributed by atoms with van der Waals surface area (Å²) in [6.07, 6.45) is 24.8. The van der Waals surface area contributed by atoms with E-state index in [4.69, 9.17) is 10.5 Å². The van der Waals surface area contributed by atoms with Crippen molar-refractivity contribution in [2.45, 2.75) is 147 Å². The third-order valence-corrected chi connectivity index (χ3v) is 15.1. The van der Waals surface area contributed by atoms with E-state index in [1.807, 2.05) is 0 Å². The summed E-state index contributed by atoms with van der Waals surface area (Å²) in [7, 11) is -17.7. The van der Waals surface area contributed by atoms with Crippen molar-refractivity contribution < 1.29 is 85.6 Å². The van der Waals surface area contributed by atoms with E-state index < -0.39 is 90.7 Å². The molecule has 428 valence electrons. The van der Waals surface area contributed by atoms with Gasteiger partial charge in [-0.05, 0) is 51.4 Å². The van der Waals surface area contributed by atoms with Crippen molar-refractivity contribution in [1.29, 1.82) is 0 Å². The van der Waals surface area contributed by atoms with Crippen LogP contribution in [-0.2, 0) is 50.7 Å². The van der Waals surface area contributed by atoms with Gasteiger partial charge in [-0.25, -0.2) is 19.3 Å². The summed E-state index contributed by atoms with van der Waals surface area (Å²) in [4.78, 5) is 97.2. The number of hydrogen-bond donors (Lipinski definition) is 6. The molecule has 2 aromatic rings. The molecule has 76 heavy (non-hydrogen) atoms. The van der Waals surface area contributed by atoms with Gasteiger partial charge in [0.1, 0.15) is 36.3 Å². The summed E-state index contributed by atoms with van der Waals surface area (Å²) in [5.41, 5.74) is 4.06. The second-order valence-electron chi connectivity index (χ2n) is 18.1. The van der Waals surface area contributed by atoms with E-state index in [2.05, 4.69) is 111 Å². The van der Waals surface area contributed by atoms with Crippen LogP contribution in [0.2, 0.25) is 0 Å². The largest absolute Gasteiger partial charge is 0.790 e. The molecular weight excluding hydrogens is 1080 g/mol. The Morgan fingerprint density at radius 3 is 2.11 bits per heavy atom. The predicted octanol–water partition coefficient (Wildman–Crippen LogP) is 3.37. The van der Waals surface area contributed by atoms with Gasteiger partial charge in [-0.2, -0.15) is 0 Å². The highest BCUT2D eigenvalue weighted by Crippen LogP contribution is 2.56. The van der Waals surface area contributed by atoms with Crippen LogP contribution in [0, 0.1) is 5.41 Å². The first-order valence-corrected chi connectivity index (χ1v) is 30.2. The molecule has 0 aliphatic carbocycles. The number of aromatic nitrogens is 4. The lowest BCUT2D eigenvalue weighted by atomic mass is 9.87. The van der Waals surface area contributed by atoms with Crippen molar-refractivity contribution in [3.63, 3.8) is 0 Å². The zero-order chi connectivity index (χ0) is 56.2. The lowest BCUT2D eigenvalue weighted by Gasteiger charge is -2.36. The molecule has 2 aromatic heterocycles. The molecular formula is C47H72N7O18P3S-4. The molecule has 0 radical (unpaired) electrons. The maximum Gasteiger partial charge on any atom is 0.274 e. The Kier molecular flexibility index (Phi) is 30.0. The molecule has 2 unspecified atom stereocenters. The zero-order valence-electron chi connectivity index (χ0n) is 42.9. The number of nitrogens with one attached hydrogen (secondary N) is 2. The van der Waals surface area contributed by atoms with Gasteiger partial charge in [0.05, 0.1) is 33.5 Å². The van der Waals surface area contributed by atoms with Gasteiger partial charge in [0.25, 0.3) is 15.6 Å². The van der Waals surface area contributed by atoms with Crippen LogP contribution in [0.1, 0.15) is 117 Å². The average Bonchev–Trinajstić information content (AvgIpc) is 3.91. The number of aliphatic hydroxyl groups is 3. The van der Waals surface area contributed by atoms with Crippen LogP contribution in [0.4, 0.5) is 5.82 Å². The molecule has 0 aromatic carbocycles. The highest BCUT2D eigenvalue weighted by Gasteiger charge is 2.47. The molecule has 3 heterocycles. The second-order valence-corrected chi connectivity index (χ2v) is 23.3. The first-order chi connectivity index (χ1) is 35.9. The number of phosphoric acid groups is 3. The second kappa shape index (κ2) is 34.3. The van der Waals surface area contributed by atoms with E-state index in [1.165, 1.54) is 13.8 Å². The van der Waals surface area contributed by atoms with E-state index >= 15 is 0 Å². The first kappa shape index (κ1) is 66.5. The number of ether oxygens (including phenoxy) is 1. The van der Waals surface area contributed by atoms with Crippen molar-refractivity contribution >= 4 is 69.1 Å². The molecule has 25 nitrogen and oxygen atoms in total. The summed E-state index contributed by atoms with van der Waals surface area (Å²) >= 11 is 0.977. The first-order valence-electron chi connectivity index (χ1n) is 24.9. The minimum atomic E-state index is -5.94.